The highest BCUT2D eigenvalue weighted by molar-refractivity contribution is 5.47. The zero-order valence-corrected chi connectivity index (χ0v) is 15.6. The number of piperidine rings is 1. The van der Waals surface area contributed by atoms with Crippen molar-refractivity contribution in [3.05, 3.63) is 36.3 Å². The van der Waals surface area contributed by atoms with E-state index < -0.39 is 11.7 Å². The number of hydrogen-bond acceptors (Lipinski definition) is 6. The first-order chi connectivity index (χ1) is 13.5. The second kappa shape index (κ2) is 7.44. The smallest absolute Gasteiger partial charge is 0.416 e. The number of halogens is 3. The molecule has 0 aromatic carbocycles. The number of anilines is 2. The molecule has 2 aromatic heterocycles. The van der Waals surface area contributed by atoms with Crippen molar-refractivity contribution in [2.45, 2.75) is 43.9 Å². The maximum atomic E-state index is 13.0. The third-order valence-electron chi connectivity index (χ3n) is 5.30. The van der Waals surface area contributed by atoms with E-state index in [1.165, 1.54) is 12.5 Å². The molecule has 0 N–H and O–H groups in total. The Morgan fingerprint density at radius 3 is 2.39 bits per heavy atom. The van der Waals surface area contributed by atoms with Crippen LogP contribution >= 0.6 is 0 Å². The van der Waals surface area contributed by atoms with E-state index in [1.807, 2.05) is 11.0 Å². The van der Waals surface area contributed by atoms with E-state index in [1.54, 1.807) is 7.11 Å². The molecule has 2 aliphatic rings. The Morgan fingerprint density at radius 1 is 1.04 bits per heavy atom. The van der Waals surface area contributed by atoms with Gasteiger partial charge in [0.2, 0.25) is 5.88 Å². The fourth-order valence-electron chi connectivity index (χ4n) is 3.75. The molecular formula is C19H22F3N5O. The molecule has 1 aliphatic heterocycles. The molecule has 0 bridgehead atoms. The number of hydrogen-bond donors (Lipinski definition) is 0. The van der Waals surface area contributed by atoms with Crippen molar-refractivity contribution >= 4 is 11.6 Å². The van der Waals surface area contributed by atoms with Gasteiger partial charge in [0.15, 0.2) is 0 Å². The Hall–Kier alpha value is -2.58. The summed E-state index contributed by atoms with van der Waals surface area (Å²) in [6.45, 7) is 1.31. The summed E-state index contributed by atoms with van der Waals surface area (Å²) in [6.07, 6.45) is 2.30. The quantitative estimate of drug-likeness (QED) is 0.775. The van der Waals surface area contributed by atoms with Crippen LogP contribution in [0.5, 0.6) is 5.88 Å². The first-order valence-electron chi connectivity index (χ1n) is 9.38. The van der Waals surface area contributed by atoms with Gasteiger partial charge in [-0.2, -0.15) is 13.2 Å². The number of nitrogens with zero attached hydrogens (tertiary/aromatic N) is 5. The van der Waals surface area contributed by atoms with Crippen LogP contribution in [0.2, 0.25) is 0 Å². The molecule has 1 aliphatic carbocycles. The fourth-order valence-corrected chi connectivity index (χ4v) is 3.75. The lowest BCUT2D eigenvalue weighted by Crippen LogP contribution is -2.46. The lowest BCUT2D eigenvalue weighted by Gasteiger charge is -2.40. The molecule has 4 rings (SSSR count). The molecule has 28 heavy (non-hydrogen) atoms. The van der Waals surface area contributed by atoms with Crippen LogP contribution < -0.4 is 14.5 Å². The Bertz CT molecular complexity index is 819. The van der Waals surface area contributed by atoms with Gasteiger partial charge < -0.3 is 14.5 Å². The van der Waals surface area contributed by atoms with Gasteiger partial charge in [0.05, 0.1) is 12.7 Å². The molecule has 0 radical (unpaired) electrons. The highest BCUT2D eigenvalue weighted by atomic mass is 19.4. The lowest BCUT2D eigenvalue weighted by atomic mass is 10.0. The van der Waals surface area contributed by atoms with Gasteiger partial charge in [-0.05, 0) is 37.8 Å². The summed E-state index contributed by atoms with van der Waals surface area (Å²) >= 11 is 0. The average Bonchev–Trinajstić information content (AvgIpc) is 3.53. The summed E-state index contributed by atoms with van der Waals surface area (Å²) in [7, 11) is 1.58. The Kier molecular flexibility index (Phi) is 4.99. The van der Waals surface area contributed by atoms with E-state index >= 15 is 0 Å². The summed E-state index contributed by atoms with van der Waals surface area (Å²) in [4.78, 5) is 16.9. The Morgan fingerprint density at radius 2 is 1.75 bits per heavy atom. The van der Waals surface area contributed by atoms with Crippen LogP contribution in [-0.4, -0.2) is 47.2 Å². The van der Waals surface area contributed by atoms with Gasteiger partial charge in [-0.1, -0.05) is 0 Å². The molecule has 0 atom stereocenters. The average molecular weight is 393 g/mol. The molecule has 3 heterocycles. The van der Waals surface area contributed by atoms with Crippen molar-refractivity contribution in [1.29, 1.82) is 0 Å². The van der Waals surface area contributed by atoms with Crippen LogP contribution in [0.25, 0.3) is 0 Å². The third-order valence-corrected chi connectivity index (χ3v) is 5.30. The van der Waals surface area contributed by atoms with Crippen molar-refractivity contribution in [1.82, 2.24) is 15.0 Å². The lowest BCUT2D eigenvalue weighted by molar-refractivity contribution is -0.137. The molecule has 0 unspecified atom stereocenters. The van der Waals surface area contributed by atoms with Crippen LogP contribution in [-0.2, 0) is 6.18 Å². The van der Waals surface area contributed by atoms with Gasteiger partial charge in [0, 0.05) is 37.4 Å². The number of methoxy groups -OCH3 is 1. The normalized spacial score (nSPS) is 18.2. The van der Waals surface area contributed by atoms with Gasteiger partial charge in [0.25, 0.3) is 0 Å². The van der Waals surface area contributed by atoms with Gasteiger partial charge in [0.1, 0.15) is 18.0 Å². The van der Waals surface area contributed by atoms with Crippen LogP contribution in [0.1, 0.15) is 31.2 Å². The topological polar surface area (TPSA) is 54.4 Å². The van der Waals surface area contributed by atoms with Crippen molar-refractivity contribution in [3.8, 4) is 5.88 Å². The number of rotatable bonds is 5. The third kappa shape index (κ3) is 3.98. The minimum absolute atomic E-state index is 0.286. The maximum absolute atomic E-state index is 13.0. The van der Waals surface area contributed by atoms with Gasteiger partial charge in [-0.25, -0.2) is 15.0 Å². The molecule has 1 saturated heterocycles. The largest absolute Gasteiger partial charge is 0.481 e. The molecule has 6 nitrogen and oxygen atoms in total. The standard InChI is InChI=1S/C19H22F3N5O/c1-28-18-11-17(24-12-25-18)27(14-2-3-14)15-5-8-26(9-6-15)16-10-13(4-7-23-16)19(20,21)22/h4,7,10-12,14-15H,2-3,5-6,8-9H2,1H3. The summed E-state index contributed by atoms with van der Waals surface area (Å²) in [5, 5.41) is 0. The monoisotopic (exact) mass is 393 g/mol. The molecule has 9 heteroatoms. The summed E-state index contributed by atoms with van der Waals surface area (Å²) < 4.78 is 44.1. The highest BCUT2D eigenvalue weighted by Gasteiger charge is 2.37. The van der Waals surface area contributed by atoms with Crippen molar-refractivity contribution < 1.29 is 17.9 Å². The van der Waals surface area contributed by atoms with Gasteiger partial charge in [-0.15, -0.1) is 0 Å². The number of pyridine rings is 1. The summed E-state index contributed by atoms with van der Waals surface area (Å²) in [6, 6.07) is 4.73. The molecule has 1 saturated carbocycles. The van der Waals surface area contributed by atoms with Gasteiger partial charge in [-0.3, -0.25) is 0 Å². The van der Waals surface area contributed by atoms with E-state index in [-0.39, 0.29) is 6.04 Å². The van der Waals surface area contributed by atoms with Crippen LogP contribution in [0.3, 0.4) is 0 Å². The second-order valence-corrected chi connectivity index (χ2v) is 7.18. The second-order valence-electron chi connectivity index (χ2n) is 7.18. The predicted octanol–water partition coefficient (Wildman–Crippen LogP) is 3.54. The molecule has 150 valence electrons. The molecule has 2 aromatic rings. The van der Waals surface area contributed by atoms with Crippen LogP contribution in [0.15, 0.2) is 30.7 Å². The van der Waals surface area contributed by atoms with E-state index in [4.69, 9.17) is 4.74 Å². The number of alkyl halides is 3. The van der Waals surface area contributed by atoms with Crippen molar-refractivity contribution in [3.63, 3.8) is 0 Å². The predicted molar refractivity (Wildman–Crippen MR) is 98.6 cm³/mol. The van der Waals surface area contributed by atoms with E-state index in [9.17, 15) is 13.2 Å². The SMILES string of the molecule is COc1cc(N(C2CC2)C2CCN(c3cc(C(F)(F)F)ccn3)CC2)ncn1. The molecule has 0 amide bonds. The zero-order chi connectivity index (χ0) is 19.7. The minimum atomic E-state index is -4.36. The van der Waals surface area contributed by atoms with Crippen molar-refractivity contribution in [2.75, 3.05) is 30.0 Å². The van der Waals surface area contributed by atoms with Crippen molar-refractivity contribution in [2.24, 2.45) is 0 Å². The first-order valence-corrected chi connectivity index (χ1v) is 9.38. The number of aromatic nitrogens is 3. The maximum Gasteiger partial charge on any atom is 0.416 e. The Labute approximate surface area is 161 Å². The molecule has 0 spiro atoms. The van der Waals surface area contributed by atoms with Crippen LogP contribution in [0.4, 0.5) is 24.8 Å². The van der Waals surface area contributed by atoms with E-state index in [2.05, 4.69) is 19.9 Å². The minimum Gasteiger partial charge on any atom is -0.481 e. The Balaban J connectivity index is 1.47. The highest BCUT2D eigenvalue weighted by Crippen LogP contribution is 2.37. The van der Waals surface area contributed by atoms with Crippen LogP contribution in [0, 0.1) is 0 Å². The van der Waals surface area contributed by atoms with Gasteiger partial charge >= 0.3 is 6.18 Å². The summed E-state index contributed by atoms with van der Waals surface area (Å²) in [5.41, 5.74) is -0.660. The molecule has 2 fully saturated rings. The first kappa shape index (κ1) is 18.8. The zero-order valence-electron chi connectivity index (χ0n) is 15.6. The molecular weight excluding hydrogens is 371 g/mol. The fraction of sp³-hybridized carbons (Fsp3) is 0.526. The summed E-state index contributed by atoms with van der Waals surface area (Å²) in [5.74, 6) is 1.76. The number of ether oxygens (including phenoxy) is 1. The van der Waals surface area contributed by atoms with E-state index in [0.29, 0.717) is 30.8 Å². The van der Waals surface area contributed by atoms with E-state index in [0.717, 1.165) is 43.6 Å².